The molecule has 84 valence electrons. The molecule has 0 aliphatic carbocycles. The molecule has 0 aromatic heterocycles. The first-order chi connectivity index (χ1) is 6.49. The highest BCUT2D eigenvalue weighted by atomic mass is 79.9. The third kappa shape index (κ3) is 4.84. The van der Waals surface area contributed by atoms with Gasteiger partial charge in [0.15, 0.2) is 0 Å². The number of benzene rings is 1. The van der Waals surface area contributed by atoms with Crippen LogP contribution in [0, 0.1) is 0 Å². The maximum atomic E-state index is 10.4. The maximum Gasteiger partial charge on any atom is 0.305 e. The Morgan fingerprint density at radius 1 is 1.53 bits per heavy atom. The summed E-state index contributed by atoms with van der Waals surface area (Å²) in [5, 5.41) is 9.10. The number of hydrogen-bond donors (Lipinski definition) is 2. The van der Waals surface area contributed by atoms with Crippen LogP contribution in [0.4, 0.5) is 0 Å². The second-order valence-electron chi connectivity index (χ2n) is 2.91. The lowest BCUT2D eigenvalue weighted by Crippen LogP contribution is -2.14. The zero-order valence-electron chi connectivity index (χ0n) is 7.61. The van der Waals surface area contributed by atoms with Crippen LogP contribution in [0.3, 0.4) is 0 Å². The van der Waals surface area contributed by atoms with E-state index in [2.05, 4.69) is 15.9 Å². The molecule has 1 atom stereocenters. The van der Waals surface area contributed by atoms with Gasteiger partial charge in [-0.15, -0.1) is 12.4 Å². The highest BCUT2D eigenvalue weighted by Crippen LogP contribution is 2.24. The van der Waals surface area contributed by atoms with Crippen LogP contribution in [0.15, 0.2) is 22.7 Å². The van der Waals surface area contributed by atoms with E-state index in [4.69, 9.17) is 22.4 Å². The van der Waals surface area contributed by atoms with Gasteiger partial charge in [-0.2, -0.15) is 0 Å². The maximum absolute atomic E-state index is 10.4. The van der Waals surface area contributed by atoms with E-state index in [0.717, 1.165) is 4.47 Å². The Morgan fingerprint density at radius 3 is 2.60 bits per heavy atom. The lowest BCUT2D eigenvalue weighted by Gasteiger charge is -2.10. The summed E-state index contributed by atoms with van der Waals surface area (Å²) in [5.74, 6) is -0.923. The summed E-state index contributed by atoms with van der Waals surface area (Å²) in [6.45, 7) is 0. The quantitative estimate of drug-likeness (QED) is 0.901. The fourth-order valence-corrected chi connectivity index (χ4v) is 1.98. The Labute approximate surface area is 107 Å². The average Bonchev–Trinajstić information content (AvgIpc) is 2.00. The van der Waals surface area contributed by atoms with E-state index in [-0.39, 0.29) is 18.8 Å². The van der Waals surface area contributed by atoms with Gasteiger partial charge >= 0.3 is 5.97 Å². The van der Waals surface area contributed by atoms with Crippen LogP contribution in [0.5, 0.6) is 0 Å². The molecule has 0 bridgehead atoms. The minimum absolute atomic E-state index is 0. The molecular formula is C9H10BrCl2NO2. The fraction of sp³-hybridized carbons (Fsp3) is 0.222. The Balaban J connectivity index is 0.00000196. The van der Waals surface area contributed by atoms with Gasteiger partial charge in [0.2, 0.25) is 0 Å². The highest BCUT2D eigenvalue weighted by molar-refractivity contribution is 9.10. The first-order valence-corrected chi connectivity index (χ1v) is 5.09. The lowest BCUT2D eigenvalue weighted by molar-refractivity contribution is -0.137. The van der Waals surface area contributed by atoms with Gasteiger partial charge < -0.3 is 10.8 Å². The summed E-state index contributed by atoms with van der Waals surface area (Å²) < 4.78 is 0.792. The summed E-state index contributed by atoms with van der Waals surface area (Å²) in [7, 11) is 0. The molecule has 0 saturated heterocycles. The SMILES string of the molecule is Cl.N[C@@H](CC(=O)O)c1cc(Cl)cc(Br)c1. The van der Waals surface area contributed by atoms with Crippen molar-refractivity contribution in [3.05, 3.63) is 33.3 Å². The van der Waals surface area contributed by atoms with Crippen LogP contribution >= 0.6 is 39.9 Å². The third-order valence-electron chi connectivity index (χ3n) is 1.71. The zero-order valence-corrected chi connectivity index (χ0v) is 10.8. The van der Waals surface area contributed by atoms with Crippen molar-refractivity contribution >= 4 is 45.9 Å². The second-order valence-corrected chi connectivity index (χ2v) is 4.26. The molecular weight excluding hydrogens is 305 g/mol. The molecule has 0 amide bonds. The number of carboxylic acid groups (broad SMARTS) is 1. The Hall–Kier alpha value is -0.290. The van der Waals surface area contributed by atoms with Crippen LogP contribution in [0.1, 0.15) is 18.0 Å². The summed E-state index contributed by atoms with van der Waals surface area (Å²) in [6.07, 6.45) is -0.104. The number of carbonyl (C=O) groups is 1. The second kappa shape index (κ2) is 6.33. The van der Waals surface area contributed by atoms with Crippen molar-refractivity contribution in [3.8, 4) is 0 Å². The molecule has 3 N–H and O–H groups in total. The monoisotopic (exact) mass is 313 g/mol. The third-order valence-corrected chi connectivity index (χ3v) is 2.38. The predicted octanol–water partition coefficient (Wildman–Crippen LogP) is 3.00. The standard InChI is InChI=1S/C9H9BrClNO2.ClH/c10-6-1-5(2-7(11)3-6)8(12)4-9(13)14;/h1-3,8H,4,12H2,(H,13,14);1H/t8-;/m0./s1. The van der Waals surface area contributed by atoms with Gasteiger partial charge in [-0.1, -0.05) is 27.5 Å². The van der Waals surface area contributed by atoms with Gasteiger partial charge in [0.05, 0.1) is 6.42 Å². The van der Waals surface area contributed by atoms with E-state index in [1.54, 1.807) is 18.2 Å². The largest absolute Gasteiger partial charge is 0.481 e. The van der Waals surface area contributed by atoms with Crippen LogP contribution in [0.25, 0.3) is 0 Å². The van der Waals surface area contributed by atoms with E-state index < -0.39 is 12.0 Å². The highest BCUT2D eigenvalue weighted by Gasteiger charge is 2.11. The van der Waals surface area contributed by atoms with E-state index in [0.29, 0.717) is 10.6 Å². The van der Waals surface area contributed by atoms with E-state index in [1.807, 2.05) is 0 Å². The number of carboxylic acids is 1. The molecule has 0 fully saturated rings. The predicted molar refractivity (Wildman–Crippen MR) is 65.6 cm³/mol. The number of aliphatic carboxylic acids is 1. The van der Waals surface area contributed by atoms with Crippen molar-refractivity contribution in [3.63, 3.8) is 0 Å². The number of hydrogen-bond acceptors (Lipinski definition) is 2. The van der Waals surface area contributed by atoms with Crippen molar-refractivity contribution in [1.29, 1.82) is 0 Å². The summed E-state index contributed by atoms with van der Waals surface area (Å²) in [4.78, 5) is 10.4. The molecule has 3 nitrogen and oxygen atoms in total. The number of halogens is 3. The van der Waals surface area contributed by atoms with Crippen molar-refractivity contribution in [2.24, 2.45) is 5.73 Å². The molecule has 1 rings (SSSR count). The van der Waals surface area contributed by atoms with Crippen LogP contribution in [0.2, 0.25) is 5.02 Å². The average molecular weight is 315 g/mol. The molecule has 6 heteroatoms. The molecule has 0 unspecified atom stereocenters. The molecule has 0 saturated carbocycles. The molecule has 1 aromatic rings. The van der Waals surface area contributed by atoms with Gasteiger partial charge in [0.25, 0.3) is 0 Å². The molecule has 0 heterocycles. The summed E-state index contributed by atoms with van der Waals surface area (Å²) in [5.41, 5.74) is 6.39. The first-order valence-electron chi connectivity index (χ1n) is 3.92. The van der Waals surface area contributed by atoms with E-state index in [1.165, 1.54) is 0 Å². The van der Waals surface area contributed by atoms with Gasteiger partial charge in [-0.3, -0.25) is 4.79 Å². The lowest BCUT2D eigenvalue weighted by atomic mass is 10.1. The van der Waals surface area contributed by atoms with Gasteiger partial charge in [-0.25, -0.2) is 0 Å². The topological polar surface area (TPSA) is 63.3 Å². The van der Waals surface area contributed by atoms with Crippen LogP contribution in [-0.4, -0.2) is 11.1 Å². The first kappa shape index (κ1) is 14.7. The minimum atomic E-state index is -0.923. The van der Waals surface area contributed by atoms with Gasteiger partial charge in [-0.05, 0) is 23.8 Å². The summed E-state index contributed by atoms with van der Waals surface area (Å²) >= 11 is 9.06. The fourth-order valence-electron chi connectivity index (χ4n) is 1.10. The van der Waals surface area contributed by atoms with Gasteiger partial charge in [0.1, 0.15) is 0 Å². The van der Waals surface area contributed by atoms with Crippen molar-refractivity contribution in [2.75, 3.05) is 0 Å². The van der Waals surface area contributed by atoms with Crippen LogP contribution in [-0.2, 0) is 4.79 Å². The van der Waals surface area contributed by atoms with Crippen molar-refractivity contribution < 1.29 is 9.90 Å². The van der Waals surface area contributed by atoms with Crippen molar-refractivity contribution in [1.82, 2.24) is 0 Å². The molecule has 0 radical (unpaired) electrons. The molecule has 0 aliphatic rings. The zero-order chi connectivity index (χ0) is 10.7. The van der Waals surface area contributed by atoms with E-state index in [9.17, 15) is 4.79 Å². The van der Waals surface area contributed by atoms with Crippen molar-refractivity contribution in [2.45, 2.75) is 12.5 Å². The number of nitrogens with two attached hydrogens (primary N) is 1. The normalized spacial score (nSPS) is 11.7. The Bertz CT molecular complexity index is 340. The molecule has 0 aliphatic heterocycles. The van der Waals surface area contributed by atoms with Crippen LogP contribution < -0.4 is 5.73 Å². The molecule has 0 spiro atoms. The Morgan fingerprint density at radius 2 is 2.13 bits per heavy atom. The van der Waals surface area contributed by atoms with E-state index >= 15 is 0 Å². The smallest absolute Gasteiger partial charge is 0.305 e. The minimum Gasteiger partial charge on any atom is -0.481 e. The molecule has 15 heavy (non-hydrogen) atoms. The Kier molecular flexibility index (Phi) is 6.20. The summed E-state index contributed by atoms with van der Waals surface area (Å²) in [6, 6.07) is 4.63. The molecule has 1 aromatic carbocycles. The number of rotatable bonds is 3. The van der Waals surface area contributed by atoms with Gasteiger partial charge in [0, 0.05) is 15.5 Å².